The molecule has 0 aliphatic rings. The molecule has 130 valence electrons. The van der Waals surface area contributed by atoms with Crippen LogP contribution in [-0.2, 0) is 7.05 Å². The highest BCUT2D eigenvalue weighted by molar-refractivity contribution is 6.30. The number of amides is 1. The number of rotatable bonds is 5. The highest BCUT2D eigenvalue weighted by Gasteiger charge is 2.15. The normalized spacial score (nSPS) is 10.9. The molecule has 25 heavy (non-hydrogen) atoms. The molecule has 2 aromatic heterocycles. The Balaban J connectivity index is 1.63. The maximum absolute atomic E-state index is 12.6. The predicted octanol–water partition coefficient (Wildman–Crippen LogP) is 3.08. The second kappa shape index (κ2) is 7.11. The molecule has 7 heteroatoms. The molecule has 0 aliphatic heterocycles. The summed E-state index contributed by atoms with van der Waals surface area (Å²) in [5, 5.41) is 5.87. The number of hydrogen-bond acceptors (Lipinski definition) is 4. The van der Waals surface area contributed by atoms with Gasteiger partial charge in [0, 0.05) is 30.7 Å². The number of nitrogens with zero attached hydrogens (tertiary/aromatic N) is 4. The number of pyridine rings is 1. The number of aromatic nitrogens is 3. The summed E-state index contributed by atoms with van der Waals surface area (Å²) in [6, 6.07) is 8.97. The Labute approximate surface area is 151 Å². The number of fused-ring (bicyclic) bond motifs is 1. The number of carbonyl (C=O) groups excluding carboxylic acids is 1. The number of carbonyl (C=O) groups is 1. The second-order valence-corrected chi connectivity index (χ2v) is 6.27. The topological polar surface area (TPSA) is 60.2 Å². The molecule has 3 rings (SSSR count). The van der Waals surface area contributed by atoms with Gasteiger partial charge in [-0.2, -0.15) is 5.10 Å². The zero-order valence-electron chi connectivity index (χ0n) is 14.4. The van der Waals surface area contributed by atoms with Gasteiger partial charge in [-0.3, -0.25) is 9.48 Å². The van der Waals surface area contributed by atoms with Gasteiger partial charge in [-0.1, -0.05) is 11.6 Å². The first kappa shape index (κ1) is 17.2. The van der Waals surface area contributed by atoms with Crippen molar-refractivity contribution in [2.24, 2.45) is 7.05 Å². The summed E-state index contributed by atoms with van der Waals surface area (Å²) in [6.45, 7) is 2.76. The standard InChI is InChI=1S/C18H19ClN4O2/c1-12-16-10-13(11-20-17(16)23(3)21-12)18(24)22(2)8-9-25-15-6-4-14(19)5-7-15/h4-7,10-11H,8-9H2,1-3H3. The van der Waals surface area contributed by atoms with Crippen molar-refractivity contribution in [1.29, 1.82) is 0 Å². The molecule has 0 spiro atoms. The smallest absolute Gasteiger partial charge is 0.255 e. The fourth-order valence-electron chi connectivity index (χ4n) is 2.58. The van der Waals surface area contributed by atoms with Gasteiger partial charge in [0.25, 0.3) is 5.91 Å². The van der Waals surface area contributed by atoms with E-state index < -0.39 is 0 Å². The van der Waals surface area contributed by atoms with E-state index in [1.54, 1.807) is 47.1 Å². The Morgan fingerprint density at radius 1 is 1.32 bits per heavy atom. The molecular formula is C18H19ClN4O2. The molecule has 0 saturated heterocycles. The highest BCUT2D eigenvalue weighted by Crippen LogP contribution is 2.18. The summed E-state index contributed by atoms with van der Waals surface area (Å²) in [5.74, 6) is 0.622. The van der Waals surface area contributed by atoms with Gasteiger partial charge < -0.3 is 9.64 Å². The van der Waals surface area contributed by atoms with Gasteiger partial charge in [-0.15, -0.1) is 0 Å². The number of likely N-dealkylation sites (N-methyl/N-ethyl adjacent to an activating group) is 1. The van der Waals surface area contributed by atoms with Crippen LogP contribution in [0.2, 0.25) is 5.02 Å². The van der Waals surface area contributed by atoms with E-state index in [-0.39, 0.29) is 5.91 Å². The number of aryl methyl sites for hydroxylation is 2. The fourth-order valence-corrected chi connectivity index (χ4v) is 2.70. The average Bonchev–Trinajstić information content (AvgIpc) is 2.89. The lowest BCUT2D eigenvalue weighted by Crippen LogP contribution is -2.31. The van der Waals surface area contributed by atoms with E-state index in [0.717, 1.165) is 22.5 Å². The monoisotopic (exact) mass is 358 g/mol. The number of halogens is 1. The van der Waals surface area contributed by atoms with Gasteiger partial charge in [0.2, 0.25) is 0 Å². The minimum absolute atomic E-state index is 0.0997. The molecule has 1 aromatic carbocycles. The van der Waals surface area contributed by atoms with Gasteiger partial charge >= 0.3 is 0 Å². The van der Waals surface area contributed by atoms with E-state index in [9.17, 15) is 4.79 Å². The lowest BCUT2D eigenvalue weighted by Gasteiger charge is -2.17. The molecule has 0 saturated carbocycles. The summed E-state index contributed by atoms with van der Waals surface area (Å²) < 4.78 is 7.34. The van der Waals surface area contributed by atoms with Crippen molar-refractivity contribution >= 4 is 28.5 Å². The van der Waals surface area contributed by atoms with Gasteiger partial charge in [-0.25, -0.2) is 4.98 Å². The van der Waals surface area contributed by atoms with Crippen molar-refractivity contribution in [2.75, 3.05) is 20.2 Å². The largest absolute Gasteiger partial charge is 0.492 e. The first-order valence-electron chi connectivity index (χ1n) is 7.89. The third-order valence-electron chi connectivity index (χ3n) is 3.97. The van der Waals surface area contributed by atoms with E-state index in [1.807, 2.05) is 20.0 Å². The molecule has 0 fully saturated rings. The zero-order chi connectivity index (χ0) is 18.0. The van der Waals surface area contributed by atoms with Crippen molar-refractivity contribution < 1.29 is 9.53 Å². The average molecular weight is 359 g/mol. The molecule has 0 radical (unpaired) electrons. The van der Waals surface area contributed by atoms with E-state index in [2.05, 4.69) is 10.1 Å². The highest BCUT2D eigenvalue weighted by atomic mass is 35.5. The summed E-state index contributed by atoms with van der Waals surface area (Å²) in [4.78, 5) is 18.5. The lowest BCUT2D eigenvalue weighted by atomic mass is 10.2. The van der Waals surface area contributed by atoms with E-state index in [0.29, 0.717) is 23.7 Å². The zero-order valence-corrected chi connectivity index (χ0v) is 15.1. The van der Waals surface area contributed by atoms with Crippen LogP contribution in [0.4, 0.5) is 0 Å². The van der Waals surface area contributed by atoms with Gasteiger partial charge in [0.05, 0.1) is 17.8 Å². The second-order valence-electron chi connectivity index (χ2n) is 5.83. The maximum atomic E-state index is 12.6. The predicted molar refractivity (Wildman–Crippen MR) is 97.2 cm³/mol. The Bertz CT molecular complexity index is 905. The van der Waals surface area contributed by atoms with E-state index in [1.165, 1.54) is 0 Å². The molecule has 6 nitrogen and oxygen atoms in total. The minimum Gasteiger partial charge on any atom is -0.492 e. The van der Waals surface area contributed by atoms with Crippen LogP contribution in [0.15, 0.2) is 36.5 Å². The molecule has 0 bridgehead atoms. The third kappa shape index (κ3) is 3.74. The van der Waals surface area contributed by atoms with Crippen LogP contribution < -0.4 is 4.74 Å². The molecule has 1 amide bonds. The SMILES string of the molecule is Cc1nn(C)c2ncc(C(=O)N(C)CCOc3ccc(Cl)cc3)cc12. The fraction of sp³-hybridized carbons (Fsp3) is 0.278. The van der Waals surface area contributed by atoms with Crippen LogP contribution in [0.25, 0.3) is 11.0 Å². The van der Waals surface area contributed by atoms with Crippen LogP contribution in [-0.4, -0.2) is 45.8 Å². The Morgan fingerprint density at radius 3 is 2.76 bits per heavy atom. The summed E-state index contributed by atoms with van der Waals surface area (Å²) in [6.07, 6.45) is 1.59. The summed E-state index contributed by atoms with van der Waals surface area (Å²) in [7, 11) is 3.58. The van der Waals surface area contributed by atoms with Crippen molar-refractivity contribution in [2.45, 2.75) is 6.92 Å². The maximum Gasteiger partial charge on any atom is 0.255 e. The van der Waals surface area contributed by atoms with Gasteiger partial charge in [0.1, 0.15) is 12.4 Å². The number of ether oxygens (including phenoxy) is 1. The number of benzene rings is 1. The van der Waals surface area contributed by atoms with Crippen LogP contribution in [0.3, 0.4) is 0 Å². The Morgan fingerprint density at radius 2 is 2.04 bits per heavy atom. The van der Waals surface area contributed by atoms with E-state index >= 15 is 0 Å². The van der Waals surface area contributed by atoms with Crippen LogP contribution in [0.5, 0.6) is 5.75 Å². The van der Waals surface area contributed by atoms with Crippen LogP contribution in [0.1, 0.15) is 16.1 Å². The molecule has 3 aromatic rings. The third-order valence-corrected chi connectivity index (χ3v) is 4.22. The first-order chi connectivity index (χ1) is 12.0. The molecular weight excluding hydrogens is 340 g/mol. The van der Waals surface area contributed by atoms with Crippen molar-refractivity contribution in [3.05, 3.63) is 52.8 Å². The van der Waals surface area contributed by atoms with Crippen LogP contribution >= 0.6 is 11.6 Å². The quantitative estimate of drug-likeness (QED) is 0.703. The Kier molecular flexibility index (Phi) is 4.90. The van der Waals surface area contributed by atoms with Crippen molar-refractivity contribution in [1.82, 2.24) is 19.7 Å². The minimum atomic E-state index is -0.0997. The first-order valence-corrected chi connectivity index (χ1v) is 8.26. The summed E-state index contributed by atoms with van der Waals surface area (Å²) >= 11 is 5.84. The van der Waals surface area contributed by atoms with Crippen LogP contribution in [0, 0.1) is 6.92 Å². The summed E-state index contributed by atoms with van der Waals surface area (Å²) in [5.41, 5.74) is 2.16. The molecule has 0 N–H and O–H groups in total. The molecule has 2 heterocycles. The van der Waals surface area contributed by atoms with Gasteiger partial charge in [0.15, 0.2) is 5.65 Å². The van der Waals surface area contributed by atoms with Gasteiger partial charge in [-0.05, 0) is 37.3 Å². The lowest BCUT2D eigenvalue weighted by molar-refractivity contribution is 0.0773. The van der Waals surface area contributed by atoms with E-state index in [4.69, 9.17) is 16.3 Å². The van der Waals surface area contributed by atoms with Crippen molar-refractivity contribution in [3.8, 4) is 5.75 Å². The molecule has 0 atom stereocenters. The Hall–Kier alpha value is -2.60. The number of hydrogen-bond donors (Lipinski definition) is 0. The van der Waals surface area contributed by atoms with Crippen molar-refractivity contribution in [3.63, 3.8) is 0 Å². The molecule has 0 aliphatic carbocycles. The molecule has 0 unspecified atom stereocenters.